The molecule has 100 valence electrons. The van der Waals surface area contributed by atoms with Gasteiger partial charge in [-0.1, -0.05) is 35.6 Å². The number of hydrogen-bond donors (Lipinski definition) is 1. The fourth-order valence-electron chi connectivity index (χ4n) is 1.81. The predicted octanol–water partition coefficient (Wildman–Crippen LogP) is 2.22. The molecule has 1 aliphatic heterocycles. The highest BCUT2D eigenvalue weighted by atomic mass is 79.9. The Hall–Kier alpha value is 0.0869. The van der Waals surface area contributed by atoms with Crippen molar-refractivity contribution >= 4 is 30.0 Å². The third-order valence-electron chi connectivity index (χ3n) is 2.89. The Morgan fingerprint density at radius 2 is 2.18 bits per heavy atom. The maximum absolute atomic E-state index is 11.0. The van der Waals surface area contributed by atoms with Gasteiger partial charge in [0.2, 0.25) is 0 Å². The van der Waals surface area contributed by atoms with Crippen molar-refractivity contribution in [1.82, 2.24) is 4.90 Å². The van der Waals surface area contributed by atoms with Gasteiger partial charge in [0.1, 0.15) is 6.04 Å². The maximum atomic E-state index is 11.0. The highest BCUT2D eigenvalue weighted by Gasteiger charge is 2.35. The number of likely N-dealkylation sites (tertiary alicyclic amines) is 1. The van der Waals surface area contributed by atoms with Gasteiger partial charge in [-0.3, -0.25) is 9.69 Å². The highest BCUT2D eigenvalue weighted by Crippen LogP contribution is 2.23. The van der Waals surface area contributed by atoms with Gasteiger partial charge in [-0.2, -0.15) is 0 Å². The molecule has 1 saturated heterocycles. The molecule has 1 fully saturated rings. The molecule has 1 N–H and O–H groups in total. The smallest absolute Gasteiger partial charge is 0.321 e. The Kier molecular flexibility index (Phi) is 5.62. The fourth-order valence-corrected chi connectivity index (χ4v) is 3.29. The van der Waals surface area contributed by atoms with Crippen LogP contribution in [0.5, 0.6) is 0 Å². The Balaban J connectivity index is 2.28. The van der Waals surface area contributed by atoms with E-state index in [1.165, 1.54) is 0 Å². The molecule has 1 heterocycles. The number of carbonyl (C=O) groups is 1. The van der Waals surface area contributed by atoms with E-state index < -0.39 is 20.1 Å². The summed E-state index contributed by atoms with van der Waals surface area (Å²) in [5, 5.41) is 9.08. The zero-order chi connectivity index (χ0) is 13.1. The third kappa shape index (κ3) is 5.50. The van der Waals surface area contributed by atoms with Gasteiger partial charge in [0.05, 0.1) is 6.73 Å². The number of halogens is 1. The highest BCUT2D eigenvalue weighted by molar-refractivity contribution is 9.09. The summed E-state index contributed by atoms with van der Waals surface area (Å²) in [6.07, 6.45) is 0.659. The van der Waals surface area contributed by atoms with Crippen molar-refractivity contribution < 1.29 is 14.6 Å². The van der Waals surface area contributed by atoms with Gasteiger partial charge in [0.25, 0.3) is 0 Å². The van der Waals surface area contributed by atoms with Crippen LogP contribution in [0.25, 0.3) is 0 Å². The molecular weight excluding hydrogens is 302 g/mol. The second kappa shape index (κ2) is 6.31. The van der Waals surface area contributed by atoms with Crippen LogP contribution in [0.1, 0.15) is 6.42 Å². The van der Waals surface area contributed by atoms with Crippen LogP contribution in [0, 0.1) is 0 Å². The number of rotatable bonds is 6. The van der Waals surface area contributed by atoms with Crippen molar-refractivity contribution in [2.24, 2.45) is 0 Å². The normalized spacial score (nSPS) is 26.4. The molecule has 0 saturated carbocycles. The molecule has 0 amide bonds. The van der Waals surface area contributed by atoms with Crippen LogP contribution in [0.15, 0.2) is 0 Å². The van der Waals surface area contributed by atoms with E-state index in [0.717, 1.165) is 19.2 Å². The minimum Gasteiger partial charge on any atom is -0.480 e. The summed E-state index contributed by atoms with van der Waals surface area (Å²) >= 11 is 3.47. The van der Waals surface area contributed by atoms with E-state index in [1.807, 2.05) is 4.90 Å². The molecule has 0 aromatic carbocycles. The Bertz CT molecular complexity index is 270. The lowest BCUT2D eigenvalue weighted by atomic mass is 10.2. The minimum atomic E-state index is -1.06. The van der Waals surface area contributed by atoms with Crippen molar-refractivity contribution in [3.05, 3.63) is 0 Å². The van der Waals surface area contributed by atoms with Crippen molar-refractivity contribution in [1.29, 1.82) is 0 Å². The molecule has 17 heavy (non-hydrogen) atoms. The lowest BCUT2D eigenvalue weighted by molar-refractivity contribution is -0.144. The van der Waals surface area contributed by atoms with Gasteiger partial charge in [-0.05, 0) is 12.5 Å². The molecule has 0 aromatic rings. The average Bonchev–Trinajstić information content (AvgIpc) is 2.53. The van der Waals surface area contributed by atoms with Crippen LogP contribution in [0.3, 0.4) is 0 Å². The first-order chi connectivity index (χ1) is 7.79. The average molecular weight is 324 g/mol. The first-order valence-electron chi connectivity index (χ1n) is 5.98. The van der Waals surface area contributed by atoms with Crippen molar-refractivity contribution in [3.63, 3.8) is 0 Å². The maximum Gasteiger partial charge on any atom is 0.321 e. The van der Waals surface area contributed by atoms with E-state index in [0.29, 0.717) is 13.2 Å². The van der Waals surface area contributed by atoms with E-state index >= 15 is 0 Å². The van der Waals surface area contributed by atoms with Gasteiger partial charge >= 0.3 is 5.97 Å². The van der Waals surface area contributed by atoms with Crippen molar-refractivity contribution in [3.8, 4) is 0 Å². The number of aliphatic carboxylic acids is 1. The SMILES string of the molecule is C[Si](C)(C)CCOCN1CC(Br)CC1C(=O)O. The number of hydrogen-bond acceptors (Lipinski definition) is 3. The lowest BCUT2D eigenvalue weighted by Gasteiger charge is -2.22. The molecule has 6 heteroatoms. The van der Waals surface area contributed by atoms with Crippen LogP contribution < -0.4 is 0 Å². The monoisotopic (exact) mass is 323 g/mol. The summed E-state index contributed by atoms with van der Waals surface area (Å²) in [5.41, 5.74) is 0. The van der Waals surface area contributed by atoms with Gasteiger partial charge in [0.15, 0.2) is 0 Å². The first-order valence-corrected chi connectivity index (χ1v) is 10.6. The standard InChI is InChI=1S/C11H22BrNO3Si/c1-17(2,3)5-4-16-8-13-7-9(12)6-10(13)11(14)15/h9-10H,4-8H2,1-3H3,(H,14,15). The molecule has 4 nitrogen and oxygen atoms in total. The Morgan fingerprint density at radius 3 is 2.71 bits per heavy atom. The number of carboxylic acids is 1. The zero-order valence-electron chi connectivity index (χ0n) is 10.8. The quantitative estimate of drug-likeness (QED) is 0.462. The number of nitrogens with zero attached hydrogens (tertiary/aromatic N) is 1. The second-order valence-electron chi connectivity index (χ2n) is 5.81. The van der Waals surface area contributed by atoms with Crippen LogP contribution >= 0.6 is 15.9 Å². The minimum absolute atomic E-state index is 0.268. The van der Waals surface area contributed by atoms with Gasteiger partial charge in [-0.15, -0.1) is 0 Å². The number of carboxylic acid groups (broad SMARTS) is 1. The summed E-state index contributed by atoms with van der Waals surface area (Å²) in [7, 11) is -1.06. The molecule has 2 atom stereocenters. The Labute approximate surface area is 112 Å². The van der Waals surface area contributed by atoms with Crippen LogP contribution in [-0.2, 0) is 9.53 Å². The molecule has 1 aliphatic rings. The fraction of sp³-hybridized carbons (Fsp3) is 0.909. The van der Waals surface area contributed by atoms with Crippen molar-refractivity contribution in [2.75, 3.05) is 19.9 Å². The number of ether oxygens (including phenoxy) is 1. The summed E-state index contributed by atoms with van der Waals surface area (Å²) in [6, 6.07) is 0.724. The summed E-state index contributed by atoms with van der Waals surface area (Å²) in [5.74, 6) is -0.749. The van der Waals surface area contributed by atoms with Gasteiger partial charge < -0.3 is 9.84 Å². The molecule has 0 radical (unpaired) electrons. The second-order valence-corrected chi connectivity index (χ2v) is 12.7. The number of alkyl halides is 1. The molecule has 0 bridgehead atoms. The molecule has 0 aliphatic carbocycles. The van der Waals surface area contributed by atoms with Gasteiger partial charge in [0, 0.05) is 26.1 Å². The van der Waals surface area contributed by atoms with E-state index in [1.54, 1.807) is 0 Å². The zero-order valence-corrected chi connectivity index (χ0v) is 13.4. The summed E-state index contributed by atoms with van der Waals surface area (Å²) < 4.78 is 5.60. The van der Waals surface area contributed by atoms with E-state index in [-0.39, 0.29) is 4.83 Å². The van der Waals surface area contributed by atoms with Crippen LogP contribution in [0.2, 0.25) is 25.7 Å². The lowest BCUT2D eigenvalue weighted by Crippen LogP contribution is -2.38. The summed E-state index contributed by atoms with van der Waals surface area (Å²) in [4.78, 5) is 13.2. The largest absolute Gasteiger partial charge is 0.480 e. The van der Waals surface area contributed by atoms with E-state index in [2.05, 4.69) is 35.6 Å². The first kappa shape index (κ1) is 15.1. The third-order valence-corrected chi connectivity index (χ3v) is 5.26. The molecule has 0 aromatic heterocycles. The molecular formula is C11H22BrNO3Si. The predicted molar refractivity (Wildman–Crippen MR) is 74.4 cm³/mol. The van der Waals surface area contributed by atoms with E-state index in [9.17, 15) is 4.79 Å². The summed E-state index contributed by atoms with van der Waals surface area (Å²) in [6.45, 7) is 8.85. The topological polar surface area (TPSA) is 49.8 Å². The molecule has 2 unspecified atom stereocenters. The Morgan fingerprint density at radius 1 is 1.53 bits per heavy atom. The van der Waals surface area contributed by atoms with E-state index in [4.69, 9.17) is 9.84 Å². The van der Waals surface area contributed by atoms with Gasteiger partial charge in [-0.25, -0.2) is 0 Å². The van der Waals surface area contributed by atoms with Crippen molar-refractivity contribution in [2.45, 2.75) is 43.0 Å². The molecule has 0 spiro atoms. The molecule has 1 rings (SSSR count). The van der Waals surface area contributed by atoms with Crippen LogP contribution in [0.4, 0.5) is 0 Å². The van der Waals surface area contributed by atoms with Crippen LogP contribution in [-0.4, -0.2) is 54.8 Å².